The largest absolute Gasteiger partial charge is 0.494 e. The number of hydrogen-bond donors (Lipinski definition) is 1. The van der Waals surface area contributed by atoms with Crippen LogP contribution >= 0.6 is 11.6 Å². The Balaban J connectivity index is 1.53. The van der Waals surface area contributed by atoms with E-state index in [-0.39, 0.29) is 30.6 Å². The van der Waals surface area contributed by atoms with E-state index < -0.39 is 0 Å². The first-order valence-electron chi connectivity index (χ1n) is 9.37. The third-order valence-corrected chi connectivity index (χ3v) is 4.96. The van der Waals surface area contributed by atoms with E-state index in [9.17, 15) is 9.59 Å². The number of nitrogens with one attached hydrogen (secondary N) is 1. The second-order valence-corrected chi connectivity index (χ2v) is 7.25. The van der Waals surface area contributed by atoms with Crippen LogP contribution in [0.4, 0.5) is 0 Å². The third-order valence-electron chi connectivity index (χ3n) is 4.71. The minimum Gasteiger partial charge on any atom is -0.494 e. The smallest absolute Gasteiger partial charge is 0.220 e. The van der Waals surface area contributed by atoms with Gasteiger partial charge in [0.2, 0.25) is 5.91 Å². The van der Waals surface area contributed by atoms with E-state index in [1.54, 1.807) is 24.3 Å². The lowest BCUT2D eigenvalue weighted by molar-refractivity contribution is -0.122. The molecule has 1 fully saturated rings. The van der Waals surface area contributed by atoms with Crippen molar-refractivity contribution in [1.82, 2.24) is 5.32 Å². The van der Waals surface area contributed by atoms with Crippen molar-refractivity contribution in [1.29, 1.82) is 0 Å². The van der Waals surface area contributed by atoms with Crippen LogP contribution in [0.2, 0.25) is 5.02 Å². The van der Waals surface area contributed by atoms with Gasteiger partial charge in [-0.3, -0.25) is 9.59 Å². The molecule has 4 nitrogen and oxygen atoms in total. The predicted octanol–water partition coefficient (Wildman–Crippen LogP) is 4.97. The Morgan fingerprint density at radius 1 is 1.07 bits per heavy atom. The Kier molecular flexibility index (Phi) is 6.51. The maximum absolute atomic E-state index is 12.4. The summed E-state index contributed by atoms with van der Waals surface area (Å²) in [5.41, 5.74) is 1.66. The zero-order valence-electron chi connectivity index (χ0n) is 15.4. The number of Topliss-reactive ketones (excluding diaryl/α,β-unsaturated/α-hetero) is 1. The molecule has 0 bridgehead atoms. The van der Waals surface area contributed by atoms with Crippen molar-refractivity contribution in [2.45, 2.75) is 38.6 Å². The number of ether oxygens (including phenoxy) is 1. The molecule has 5 heteroatoms. The van der Waals surface area contributed by atoms with E-state index in [1.165, 1.54) is 0 Å². The van der Waals surface area contributed by atoms with Crippen molar-refractivity contribution in [2.24, 2.45) is 5.92 Å². The average Bonchev–Trinajstić information content (AvgIpc) is 3.51. The number of hydrogen-bond acceptors (Lipinski definition) is 3. The highest BCUT2D eigenvalue weighted by Crippen LogP contribution is 2.41. The van der Waals surface area contributed by atoms with Crippen LogP contribution in [0.3, 0.4) is 0 Å². The molecule has 0 saturated heterocycles. The van der Waals surface area contributed by atoms with Crippen LogP contribution in [-0.4, -0.2) is 18.3 Å². The summed E-state index contributed by atoms with van der Waals surface area (Å²) in [5.74, 6) is 1.07. The number of benzene rings is 2. The maximum atomic E-state index is 12.4. The SMILES string of the molecule is CCOc1ccc(C(=O)CCC(=O)NC(c2ccc(Cl)cc2)C2CC2)cc1. The lowest BCUT2D eigenvalue weighted by Gasteiger charge is -2.19. The highest BCUT2D eigenvalue weighted by Gasteiger charge is 2.33. The van der Waals surface area contributed by atoms with Gasteiger partial charge < -0.3 is 10.1 Å². The molecule has 0 aromatic heterocycles. The van der Waals surface area contributed by atoms with E-state index in [0.717, 1.165) is 24.2 Å². The van der Waals surface area contributed by atoms with Gasteiger partial charge in [-0.05, 0) is 67.6 Å². The summed E-state index contributed by atoms with van der Waals surface area (Å²) >= 11 is 5.95. The number of amides is 1. The second-order valence-electron chi connectivity index (χ2n) is 6.81. The van der Waals surface area contributed by atoms with Gasteiger partial charge >= 0.3 is 0 Å². The number of carbonyl (C=O) groups excluding carboxylic acids is 2. The molecule has 0 heterocycles. The summed E-state index contributed by atoms with van der Waals surface area (Å²) in [6.07, 6.45) is 2.60. The van der Waals surface area contributed by atoms with Crippen LogP contribution in [0.25, 0.3) is 0 Å². The average molecular weight is 386 g/mol. The standard InChI is InChI=1S/C22H24ClNO3/c1-2-27-19-11-7-15(8-12-19)20(25)13-14-21(26)24-22(16-3-4-16)17-5-9-18(23)10-6-17/h5-12,16,22H,2-4,13-14H2,1H3,(H,24,26). The zero-order valence-corrected chi connectivity index (χ0v) is 16.2. The van der Waals surface area contributed by atoms with Gasteiger partial charge in [0.25, 0.3) is 0 Å². The predicted molar refractivity (Wildman–Crippen MR) is 106 cm³/mol. The van der Waals surface area contributed by atoms with Gasteiger partial charge in [0.1, 0.15) is 5.75 Å². The third kappa shape index (κ3) is 5.57. The Labute approximate surface area is 164 Å². The Hall–Kier alpha value is -2.33. The molecule has 1 N–H and O–H groups in total. The first kappa shape index (κ1) is 19.4. The van der Waals surface area contributed by atoms with Crippen LogP contribution < -0.4 is 10.1 Å². The Morgan fingerprint density at radius 3 is 2.33 bits per heavy atom. The number of ketones is 1. The molecule has 3 rings (SSSR count). The van der Waals surface area contributed by atoms with Crippen molar-refractivity contribution in [2.75, 3.05) is 6.61 Å². The molecule has 1 aliphatic carbocycles. The van der Waals surface area contributed by atoms with Gasteiger partial charge in [0.05, 0.1) is 12.6 Å². The molecule has 1 saturated carbocycles. The summed E-state index contributed by atoms with van der Waals surface area (Å²) in [6.45, 7) is 2.50. The molecule has 2 aromatic rings. The first-order valence-corrected chi connectivity index (χ1v) is 9.75. The fraction of sp³-hybridized carbons (Fsp3) is 0.364. The van der Waals surface area contributed by atoms with Crippen LogP contribution in [0.5, 0.6) is 5.75 Å². The number of rotatable bonds is 9. The van der Waals surface area contributed by atoms with Crippen LogP contribution in [0.15, 0.2) is 48.5 Å². The topological polar surface area (TPSA) is 55.4 Å². The summed E-state index contributed by atoms with van der Waals surface area (Å²) in [4.78, 5) is 24.7. The van der Waals surface area contributed by atoms with E-state index in [1.807, 2.05) is 31.2 Å². The Morgan fingerprint density at radius 2 is 1.74 bits per heavy atom. The van der Waals surface area contributed by atoms with Crippen molar-refractivity contribution in [3.63, 3.8) is 0 Å². The summed E-state index contributed by atoms with van der Waals surface area (Å²) < 4.78 is 5.38. The van der Waals surface area contributed by atoms with Crippen molar-refractivity contribution in [3.8, 4) is 5.75 Å². The summed E-state index contributed by atoms with van der Waals surface area (Å²) in [7, 11) is 0. The minimum absolute atomic E-state index is 0.00431. The molecule has 0 aliphatic heterocycles. The lowest BCUT2D eigenvalue weighted by Crippen LogP contribution is -2.30. The molecular formula is C22H24ClNO3. The van der Waals surface area contributed by atoms with Crippen molar-refractivity contribution in [3.05, 3.63) is 64.7 Å². The molecule has 0 spiro atoms. The molecule has 1 unspecified atom stereocenters. The quantitative estimate of drug-likeness (QED) is 0.620. The fourth-order valence-corrected chi connectivity index (χ4v) is 3.22. The first-order chi connectivity index (χ1) is 13.1. The summed E-state index contributed by atoms with van der Waals surface area (Å²) in [6, 6.07) is 14.6. The highest BCUT2D eigenvalue weighted by atomic mass is 35.5. The molecule has 0 radical (unpaired) electrons. The molecule has 2 aromatic carbocycles. The van der Waals surface area contributed by atoms with Gasteiger partial charge in [0.15, 0.2) is 5.78 Å². The minimum atomic E-state index is -0.0962. The molecular weight excluding hydrogens is 362 g/mol. The maximum Gasteiger partial charge on any atom is 0.220 e. The van der Waals surface area contributed by atoms with Crippen LogP contribution in [0, 0.1) is 5.92 Å². The van der Waals surface area contributed by atoms with E-state index in [2.05, 4.69) is 5.32 Å². The van der Waals surface area contributed by atoms with Crippen LogP contribution in [-0.2, 0) is 4.79 Å². The van der Waals surface area contributed by atoms with Crippen molar-refractivity contribution < 1.29 is 14.3 Å². The monoisotopic (exact) mass is 385 g/mol. The van der Waals surface area contributed by atoms with Gasteiger partial charge in [-0.1, -0.05) is 23.7 Å². The Bertz CT molecular complexity index is 782. The molecule has 1 aliphatic rings. The number of carbonyl (C=O) groups is 2. The molecule has 1 atom stereocenters. The second kappa shape index (κ2) is 9.05. The van der Waals surface area contributed by atoms with Gasteiger partial charge in [-0.15, -0.1) is 0 Å². The van der Waals surface area contributed by atoms with Crippen LogP contribution in [0.1, 0.15) is 54.6 Å². The molecule has 142 valence electrons. The van der Waals surface area contributed by atoms with Gasteiger partial charge in [-0.25, -0.2) is 0 Å². The van der Waals surface area contributed by atoms with Gasteiger partial charge in [0, 0.05) is 23.4 Å². The lowest BCUT2D eigenvalue weighted by atomic mass is 10.0. The normalized spacial score (nSPS) is 14.4. The molecule has 27 heavy (non-hydrogen) atoms. The zero-order chi connectivity index (χ0) is 19.2. The number of halogens is 1. The van der Waals surface area contributed by atoms with Crippen molar-refractivity contribution >= 4 is 23.3 Å². The summed E-state index contributed by atoms with van der Waals surface area (Å²) in [5, 5.41) is 3.77. The van der Waals surface area contributed by atoms with E-state index in [4.69, 9.17) is 16.3 Å². The molecule has 1 amide bonds. The highest BCUT2D eigenvalue weighted by molar-refractivity contribution is 6.30. The van der Waals surface area contributed by atoms with E-state index >= 15 is 0 Å². The van der Waals surface area contributed by atoms with Gasteiger partial charge in [-0.2, -0.15) is 0 Å². The van der Waals surface area contributed by atoms with E-state index in [0.29, 0.717) is 23.1 Å². The fourth-order valence-electron chi connectivity index (χ4n) is 3.09.